The van der Waals surface area contributed by atoms with E-state index >= 15 is 0 Å². The molecule has 1 aliphatic heterocycles. The molecule has 1 amide bonds. The number of benzene rings is 2. The number of nitrogens with one attached hydrogen (secondary N) is 1. The summed E-state index contributed by atoms with van der Waals surface area (Å²) in [4.78, 5) is 17.6. The Hall–Kier alpha value is -2.37. The summed E-state index contributed by atoms with van der Waals surface area (Å²) in [5, 5.41) is 3.14. The number of likely N-dealkylation sites (N-methyl/N-ethyl adjacent to an activating group) is 1. The second-order valence-corrected chi connectivity index (χ2v) is 7.34. The molecule has 3 rings (SSSR count). The number of piperazine rings is 1. The van der Waals surface area contributed by atoms with Gasteiger partial charge in [-0.1, -0.05) is 36.8 Å². The summed E-state index contributed by atoms with van der Waals surface area (Å²) in [6.07, 6.45) is 0. The molecule has 1 unspecified atom stereocenters. The molecule has 2 aromatic rings. The summed E-state index contributed by atoms with van der Waals surface area (Å²) in [5.74, 6) is 0.827. The van der Waals surface area contributed by atoms with Gasteiger partial charge in [-0.2, -0.15) is 0 Å². The molecule has 0 bridgehead atoms. The molecular weight excluding hydrogens is 350 g/mol. The molecule has 2 aromatic carbocycles. The molecule has 1 heterocycles. The van der Waals surface area contributed by atoms with Gasteiger partial charge in [0, 0.05) is 38.3 Å². The highest BCUT2D eigenvalue weighted by atomic mass is 16.5. The average molecular weight is 382 g/mol. The molecule has 1 fully saturated rings. The van der Waals surface area contributed by atoms with E-state index in [1.54, 1.807) is 7.11 Å². The van der Waals surface area contributed by atoms with Crippen molar-refractivity contribution < 1.29 is 9.53 Å². The van der Waals surface area contributed by atoms with Crippen LogP contribution < -0.4 is 10.1 Å². The summed E-state index contributed by atoms with van der Waals surface area (Å²) >= 11 is 0. The largest absolute Gasteiger partial charge is 0.497 e. The minimum atomic E-state index is -0.0225. The lowest BCUT2D eigenvalue weighted by molar-refractivity contribution is 0.0855. The summed E-state index contributed by atoms with van der Waals surface area (Å²) in [6.45, 7) is 10.0. The first-order valence-corrected chi connectivity index (χ1v) is 10.1. The lowest BCUT2D eigenvalue weighted by atomic mass is 10.0. The van der Waals surface area contributed by atoms with Crippen LogP contribution in [0.2, 0.25) is 0 Å². The molecule has 5 heteroatoms. The first-order chi connectivity index (χ1) is 13.6. The smallest absolute Gasteiger partial charge is 0.251 e. The van der Waals surface area contributed by atoms with Gasteiger partial charge in [0.1, 0.15) is 5.75 Å². The topological polar surface area (TPSA) is 44.8 Å². The van der Waals surface area contributed by atoms with Crippen molar-refractivity contribution in [1.82, 2.24) is 15.1 Å². The van der Waals surface area contributed by atoms with E-state index in [-0.39, 0.29) is 11.9 Å². The van der Waals surface area contributed by atoms with Crippen LogP contribution in [0, 0.1) is 6.92 Å². The minimum Gasteiger partial charge on any atom is -0.497 e. The van der Waals surface area contributed by atoms with Crippen LogP contribution in [-0.2, 0) is 0 Å². The van der Waals surface area contributed by atoms with Crippen LogP contribution >= 0.6 is 0 Å². The summed E-state index contributed by atoms with van der Waals surface area (Å²) < 4.78 is 5.30. The number of carbonyl (C=O) groups is 1. The highest BCUT2D eigenvalue weighted by Gasteiger charge is 2.25. The molecule has 0 radical (unpaired) electrons. The van der Waals surface area contributed by atoms with Gasteiger partial charge >= 0.3 is 0 Å². The molecule has 1 saturated heterocycles. The molecule has 0 aliphatic carbocycles. The zero-order chi connectivity index (χ0) is 19.9. The Balaban J connectivity index is 1.71. The molecule has 150 valence electrons. The van der Waals surface area contributed by atoms with Crippen molar-refractivity contribution in [3.05, 3.63) is 65.2 Å². The van der Waals surface area contributed by atoms with E-state index < -0.39 is 0 Å². The number of hydrogen-bond acceptors (Lipinski definition) is 4. The number of methoxy groups -OCH3 is 1. The summed E-state index contributed by atoms with van der Waals surface area (Å²) in [7, 11) is 1.68. The van der Waals surface area contributed by atoms with Crippen LogP contribution in [0.1, 0.15) is 34.5 Å². The van der Waals surface area contributed by atoms with Gasteiger partial charge in [0.2, 0.25) is 0 Å². The minimum absolute atomic E-state index is 0.0225. The first-order valence-electron chi connectivity index (χ1n) is 10.1. The number of amides is 1. The number of hydrogen-bond donors (Lipinski definition) is 1. The van der Waals surface area contributed by atoms with Crippen LogP contribution in [0.5, 0.6) is 5.75 Å². The monoisotopic (exact) mass is 381 g/mol. The van der Waals surface area contributed by atoms with Crippen LogP contribution in [-0.4, -0.2) is 62.1 Å². The van der Waals surface area contributed by atoms with Crippen LogP contribution in [0.15, 0.2) is 48.5 Å². The zero-order valence-electron chi connectivity index (χ0n) is 17.1. The molecule has 5 nitrogen and oxygen atoms in total. The Labute approximate surface area is 168 Å². The molecule has 1 aliphatic rings. The molecule has 0 saturated carbocycles. The van der Waals surface area contributed by atoms with E-state index in [1.165, 1.54) is 5.56 Å². The highest BCUT2D eigenvalue weighted by Crippen LogP contribution is 2.24. The lowest BCUT2D eigenvalue weighted by Gasteiger charge is -2.39. The number of aryl methyl sites for hydroxylation is 1. The third kappa shape index (κ3) is 5.12. The normalized spacial score (nSPS) is 16.5. The molecular formula is C23H31N3O2. The van der Waals surface area contributed by atoms with Gasteiger partial charge in [-0.3, -0.25) is 9.69 Å². The zero-order valence-corrected chi connectivity index (χ0v) is 17.1. The standard InChI is InChI=1S/C23H31N3O2/c1-4-25-13-15-26(16-14-25)22(19-9-11-21(28-3)12-10-19)17-24-23(27)20-7-5-18(2)6-8-20/h5-12,22H,4,13-17H2,1-3H3,(H,24,27). The summed E-state index contributed by atoms with van der Waals surface area (Å²) in [5.41, 5.74) is 3.06. The SMILES string of the molecule is CCN1CCN(C(CNC(=O)c2ccc(C)cc2)c2ccc(OC)cc2)CC1. The quantitative estimate of drug-likeness (QED) is 0.800. The Bertz CT molecular complexity index is 750. The van der Waals surface area contributed by atoms with Crippen LogP contribution in [0.25, 0.3) is 0 Å². The van der Waals surface area contributed by atoms with E-state index in [0.29, 0.717) is 12.1 Å². The van der Waals surface area contributed by atoms with Crippen molar-refractivity contribution in [2.24, 2.45) is 0 Å². The van der Waals surface area contributed by atoms with Gasteiger partial charge in [0.15, 0.2) is 0 Å². The number of ether oxygens (including phenoxy) is 1. The fourth-order valence-electron chi connectivity index (χ4n) is 3.67. The van der Waals surface area contributed by atoms with Gasteiger partial charge in [-0.05, 0) is 43.3 Å². The van der Waals surface area contributed by atoms with Crippen molar-refractivity contribution in [3.8, 4) is 5.75 Å². The fourth-order valence-corrected chi connectivity index (χ4v) is 3.67. The maximum absolute atomic E-state index is 12.6. The molecule has 1 atom stereocenters. The molecule has 28 heavy (non-hydrogen) atoms. The van der Waals surface area contributed by atoms with E-state index in [2.05, 4.69) is 34.2 Å². The third-order valence-electron chi connectivity index (χ3n) is 5.57. The predicted molar refractivity (Wildman–Crippen MR) is 113 cm³/mol. The average Bonchev–Trinajstić information content (AvgIpc) is 2.75. The van der Waals surface area contributed by atoms with Crippen molar-refractivity contribution >= 4 is 5.91 Å². The molecule has 1 N–H and O–H groups in total. The third-order valence-corrected chi connectivity index (χ3v) is 5.57. The number of nitrogens with zero attached hydrogens (tertiary/aromatic N) is 2. The molecule has 0 spiro atoms. The van der Waals surface area contributed by atoms with E-state index in [0.717, 1.165) is 44.0 Å². The van der Waals surface area contributed by atoms with Crippen molar-refractivity contribution in [2.75, 3.05) is 46.4 Å². The lowest BCUT2D eigenvalue weighted by Crippen LogP contribution is -2.49. The van der Waals surface area contributed by atoms with Crippen LogP contribution in [0.4, 0.5) is 0 Å². The van der Waals surface area contributed by atoms with Crippen molar-refractivity contribution in [1.29, 1.82) is 0 Å². The fraction of sp³-hybridized carbons (Fsp3) is 0.435. The van der Waals surface area contributed by atoms with Gasteiger partial charge in [-0.25, -0.2) is 0 Å². The summed E-state index contributed by atoms with van der Waals surface area (Å²) in [6, 6.07) is 16.1. The maximum Gasteiger partial charge on any atom is 0.251 e. The first kappa shape index (κ1) is 20.4. The Morgan fingerprint density at radius 1 is 1.04 bits per heavy atom. The predicted octanol–water partition coefficient (Wildman–Crippen LogP) is 3.11. The van der Waals surface area contributed by atoms with Gasteiger partial charge in [-0.15, -0.1) is 0 Å². The Kier molecular flexibility index (Phi) is 7.06. The Morgan fingerprint density at radius 3 is 2.25 bits per heavy atom. The van der Waals surface area contributed by atoms with Gasteiger partial charge < -0.3 is 15.0 Å². The van der Waals surface area contributed by atoms with E-state index in [9.17, 15) is 4.79 Å². The van der Waals surface area contributed by atoms with Gasteiger partial charge in [0.05, 0.1) is 13.2 Å². The van der Waals surface area contributed by atoms with Crippen molar-refractivity contribution in [3.63, 3.8) is 0 Å². The van der Waals surface area contributed by atoms with Crippen LogP contribution in [0.3, 0.4) is 0 Å². The van der Waals surface area contributed by atoms with Crippen molar-refractivity contribution in [2.45, 2.75) is 19.9 Å². The second-order valence-electron chi connectivity index (χ2n) is 7.34. The van der Waals surface area contributed by atoms with Gasteiger partial charge in [0.25, 0.3) is 5.91 Å². The number of carbonyl (C=O) groups excluding carboxylic acids is 1. The highest BCUT2D eigenvalue weighted by molar-refractivity contribution is 5.94. The number of rotatable bonds is 7. The van der Waals surface area contributed by atoms with E-state index in [4.69, 9.17) is 4.74 Å². The van der Waals surface area contributed by atoms with E-state index in [1.807, 2.05) is 43.3 Å². The maximum atomic E-state index is 12.6. The molecule has 0 aromatic heterocycles. The second kappa shape index (κ2) is 9.71. The Morgan fingerprint density at radius 2 is 1.68 bits per heavy atom.